The first-order valence-electron chi connectivity index (χ1n) is 18.1. The number of hydrogen-bond acceptors (Lipinski definition) is 3. The molecule has 0 aliphatic heterocycles. The molecule has 0 saturated heterocycles. The Morgan fingerprint density at radius 3 is 1.89 bits per heavy atom. The third-order valence-electron chi connectivity index (χ3n) is 9.56. The van der Waals surface area contributed by atoms with Crippen LogP contribution in [0.15, 0.2) is 152 Å². The van der Waals surface area contributed by atoms with Gasteiger partial charge in [-0.05, 0) is 89.0 Å². The van der Waals surface area contributed by atoms with Crippen LogP contribution in [0.1, 0.15) is 43.0 Å². The van der Waals surface area contributed by atoms with Gasteiger partial charge in [-0.25, -0.2) is 0 Å². The maximum Gasteiger partial charge on any atom is 0.0708 e. The molecule has 0 N–H and O–H groups in total. The zero-order valence-corrected chi connectivity index (χ0v) is 34.0. The average Bonchev–Trinajstić information content (AvgIpc) is 3.18. The third-order valence-corrected chi connectivity index (χ3v) is 9.56. The Morgan fingerprint density at radius 1 is 0.481 bits per heavy atom. The molecule has 0 bridgehead atoms. The standard InChI is InChI=1S/C38H33N2.C12H10N.Ir/c1-25-14-15-31(26(2)20-25)33-17-16-32(34-23-37(40-24-35(33)34)27-10-7-6-8-11-27)28-12-9-13-29(21-28)36-22-30(18-19-39-36)38(3,4)5;1-10-7-8-13-12(9-10)11-5-3-2-4-6-11;/h6-12,14-24H,1-5H3;2-5,7-9H,1H3;/q2*-1;. The van der Waals surface area contributed by atoms with Crippen LogP contribution >= 0.6 is 0 Å². The van der Waals surface area contributed by atoms with E-state index in [4.69, 9.17) is 9.97 Å². The topological polar surface area (TPSA) is 38.7 Å². The first-order valence-corrected chi connectivity index (χ1v) is 18.1. The summed E-state index contributed by atoms with van der Waals surface area (Å²) in [5.74, 6) is 0. The molecule has 5 aromatic carbocycles. The second kappa shape index (κ2) is 16.6. The summed E-state index contributed by atoms with van der Waals surface area (Å²) in [6.45, 7) is 13.1. The summed E-state index contributed by atoms with van der Waals surface area (Å²) in [6, 6.07) is 53.0. The number of aromatic nitrogens is 3. The van der Waals surface area contributed by atoms with Crippen molar-refractivity contribution < 1.29 is 20.1 Å². The molecule has 0 aliphatic rings. The van der Waals surface area contributed by atoms with Crippen molar-refractivity contribution in [3.05, 3.63) is 186 Å². The molecule has 4 heteroatoms. The van der Waals surface area contributed by atoms with E-state index < -0.39 is 0 Å². The van der Waals surface area contributed by atoms with Crippen LogP contribution in [-0.4, -0.2) is 15.0 Å². The third kappa shape index (κ3) is 8.63. The van der Waals surface area contributed by atoms with E-state index in [1.807, 2.05) is 61.1 Å². The molecule has 0 spiro atoms. The minimum atomic E-state index is 0. The Kier molecular flexibility index (Phi) is 11.8. The van der Waals surface area contributed by atoms with E-state index in [9.17, 15) is 0 Å². The van der Waals surface area contributed by atoms with Crippen LogP contribution < -0.4 is 0 Å². The number of hydrogen-bond donors (Lipinski definition) is 0. The van der Waals surface area contributed by atoms with Crippen LogP contribution in [0.25, 0.3) is 66.8 Å². The number of benzene rings is 5. The molecule has 1 radical (unpaired) electrons. The summed E-state index contributed by atoms with van der Waals surface area (Å²) in [7, 11) is 0. The van der Waals surface area contributed by atoms with E-state index in [1.165, 1.54) is 44.3 Å². The number of fused-ring (bicyclic) bond motifs is 1. The predicted octanol–water partition coefficient (Wildman–Crippen LogP) is 12.9. The van der Waals surface area contributed by atoms with Gasteiger partial charge in [-0.15, -0.1) is 71.3 Å². The fraction of sp³-hybridized carbons (Fsp3) is 0.140. The number of pyridine rings is 3. The molecule has 269 valence electrons. The van der Waals surface area contributed by atoms with Crippen molar-refractivity contribution in [3.8, 4) is 56.0 Å². The summed E-state index contributed by atoms with van der Waals surface area (Å²) in [5, 5.41) is 2.33. The summed E-state index contributed by atoms with van der Waals surface area (Å²) < 4.78 is 0. The van der Waals surface area contributed by atoms with E-state index in [1.54, 1.807) is 0 Å². The van der Waals surface area contributed by atoms with Crippen molar-refractivity contribution in [3.63, 3.8) is 0 Å². The average molecular weight is 878 g/mol. The quantitative estimate of drug-likeness (QED) is 0.162. The van der Waals surface area contributed by atoms with Gasteiger partial charge in [0.25, 0.3) is 0 Å². The van der Waals surface area contributed by atoms with Gasteiger partial charge in [-0.2, -0.15) is 0 Å². The summed E-state index contributed by atoms with van der Waals surface area (Å²) in [6.07, 6.45) is 5.77. The molecule has 0 atom stereocenters. The molecule has 0 fully saturated rings. The van der Waals surface area contributed by atoms with Gasteiger partial charge in [0.05, 0.1) is 5.69 Å². The molecule has 0 saturated carbocycles. The summed E-state index contributed by atoms with van der Waals surface area (Å²) in [5.41, 5.74) is 15.9. The minimum Gasteiger partial charge on any atom is -0.305 e. The van der Waals surface area contributed by atoms with Gasteiger partial charge < -0.3 is 9.97 Å². The largest absolute Gasteiger partial charge is 0.305 e. The van der Waals surface area contributed by atoms with Crippen LogP contribution in [0.5, 0.6) is 0 Å². The molecule has 3 aromatic heterocycles. The second-order valence-corrected chi connectivity index (χ2v) is 14.6. The van der Waals surface area contributed by atoms with Gasteiger partial charge in [0.2, 0.25) is 0 Å². The zero-order valence-electron chi connectivity index (χ0n) is 31.6. The molecule has 3 heterocycles. The number of nitrogens with zero attached hydrogens (tertiary/aromatic N) is 3. The normalized spacial score (nSPS) is 11.0. The van der Waals surface area contributed by atoms with Gasteiger partial charge in [0.1, 0.15) is 0 Å². The van der Waals surface area contributed by atoms with E-state index in [2.05, 4.69) is 150 Å². The molecule has 0 amide bonds. The van der Waals surface area contributed by atoms with Crippen LogP contribution in [-0.2, 0) is 25.5 Å². The molecule has 3 nitrogen and oxygen atoms in total. The van der Waals surface area contributed by atoms with Crippen LogP contribution in [0.3, 0.4) is 0 Å². The number of rotatable bonds is 5. The van der Waals surface area contributed by atoms with E-state index in [0.717, 1.165) is 44.7 Å². The smallest absolute Gasteiger partial charge is 0.0708 e. The van der Waals surface area contributed by atoms with Gasteiger partial charge >= 0.3 is 0 Å². The van der Waals surface area contributed by atoms with Crippen molar-refractivity contribution >= 4 is 10.8 Å². The van der Waals surface area contributed by atoms with E-state index in [0.29, 0.717) is 0 Å². The van der Waals surface area contributed by atoms with Gasteiger partial charge in [-0.1, -0.05) is 105 Å². The Hall–Kier alpha value is -5.54. The van der Waals surface area contributed by atoms with Crippen LogP contribution in [0, 0.1) is 32.9 Å². The van der Waals surface area contributed by atoms with Crippen molar-refractivity contribution in [1.82, 2.24) is 15.0 Å². The van der Waals surface area contributed by atoms with E-state index >= 15 is 0 Å². The van der Waals surface area contributed by atoms with Crippen molar-refractivity contribution in [2.75, 3.05) is 0 Å². The first kappa shape index (κ1) is 38.2. The van der Waals surface area contributed by atoms with Gasteiger partial charge in [0, 0.05) is 49.6 Å². The summed E-state index contributed by atoms with van der Waals surface area (Å²) in [4.78, 5) is 13.9. The Bertz CT molecular complexity index is 2520. The zero-order chi connectivity index (χ0) is 37.0. The molecule has 8 aromatic rings. The minimum absolute atomic E-state index is 0. The first-order chi connectivity index (χ1) is 25.6. The predicted molar refractivity (Wildman–Crippen MR) is 222 cm³/mol. The maximum absolute atomic E-state index is 4.93. The molecule has 0 unspecified atom stereocenters. The van der Waals surface area contributed by atoms with Gasteiger partial charge in [-0.3, -0.25) is 4.98 Å². The fourth-order valence-electron chi connectivity index (χ4n) is 6.67. The Balaban J connectivity index is 0.000000300. The van der Waals surface area contributed by atoms with Crippen LogP contribution in [0.4, 0.5) is 0 Å². The molecular weight excluding hydrogens is 835 g/mol. The van der Waals surface area contributed by atoms with Gasteiger partial charge in [0.15, 0.2) is 0 Å². The molecule has 54 heavy (non-hydrogen) atoms. The van der Waals surface area contributed by atoms with Crippen molar-refractivity contribution in [2.45, 2.75) is 47.0 Å². The van der Waals surface area contributed by atoms with Crippen LogP contribution in [0.2, 0.25) is 0 Å². The van der Waals surface area contributed by atoms with Crippen molar-refractivity contribution in [1.29, 1.82) is 0 Å². The second-order valence-electron chi connectivity index (χ2n) is 14.6. The Morgan fingerprint density at radius 2 is 1.17 bits per heavy atom. The van der Waals surface area contributed by atoms with Crippen molar-refractivity contribution in [2.24, 2.45) is 0 Å². The molecular formula is C50H43IrN3-2. The summed E-state index contributed by atoms with van der Waals surface area (Å²) >= 11 is 0. The molecule has 0 aliphatic carbocycles. The number of aryl methyl sites for hydroxylation is 3. The monoisotopic (exact) mass is 878 g/mol. The fourth-order valence-corrected chi connectivity index (χ4v) is 6.67. The molecule has 8 rings (SSSR count). The SMILES string of the molecule is Cc1ccc(-c2ccc(-c3cc[c-]c(-c4cc(C(C)(C)C)ccn4)c3)c3cc(-c4ccccc4)ncc23)c(C)c1.Cc1ccnc(-c2[c-]cccc2)c1.[Ir]. The van der Waals surface area contributed by atoms with E-state index in [-0.39, 0.29) is 25.5 Å². The maximum atomic E-state index is 4.93. The Labute approximate surface area is 333 Å².